The standard InChI is InChI=1S/C22H29N3O2/c1-27-20-10-6-18(7-11-20)9-13-22(26)24-17-19-8-12-21(23-16-19)25-14-4-2-3-5-15-25/h6-8,10-12,16H,2-5,9,13-15,17H2,1H3,(H,24,26). The van der Waals surface area contributed by atoms with Gasteiger partial charge in [0.05, 0.1) is 7.11 Å². The monoisotopic (exact) mass is 367 g/mol. The summed E-state index contributed by atoms with van der Waals surface area (Å²) in [5.74, 6) is 1.94. The van der Waals surface area contributed by atoms with Crippen LogP contribution in [0.5, 0.6) is 5.75 Å². The third-order valence-corrected chi connectivity index (χ3v) is 5.03. The molecule has 0 bridgehead atoms. The number of anilines is 1. The van der Waals surface area contributed by atoms with Crippen LogP contribution >= 0.6 is 0 Å². The molecule has 1 aromatic carbocycles. The lowest BCUT2D eigenvalue weighted by Crippen LogP contribution is -2.25. The van der Waals surface area contributed by atoms with Crippen molar-refractivity contribution in [1.29, 1.82) is 0 Å². The molecule has 27 heavy (non-hydrogen) atoms. The largest absolute Gasteiger partial charge is 0.497 e. The molecule has 0 spiro atoms. The minimum Gasteiger partial charge on any atom is -0.497 e. The number of carbonyl (C=O) groups is 1. The molecule has 2 heterocycles. The summed E-state index contributed by atoms with van der Waals surface area (Å²) in [6.07, 6.45) is 8.20. The van der Waals surface area contributed by atoms with Crippen LogP contribution in [-0.2, 0) is 17.8 Å². The van der Waals surface area contributed by atoms with E-state index in [1.54, 1.807) is 7.11 Å². The SMILES string of the molecule is COc1ccc(CCC(=O)NCc2ccc(N3CCCCCC3)nc2)cc1. The van der Waals surface area contributed by atoms with Gasteiger partial charge in [-0.1, -0.05) is 31.0 Å². The number of nitrogens with zero attached hydrogens (tertiary/aromatic N) is 2. The van der Waals surface area contributed by atoms with E-state index in [1.165, 1.54) is 25.7 Å². The maximum atomic E-state index is 12.1. The topological polar surface area (TPSA) is 54.5 Å². The summed E-state index contributed by atoms with van der Waals surface area (Å²) in [5, 5.41) is 2.98. The Hall–Kier alpha value is -2.56. The van der Waals surface area contributed by atoms with Crippen molar-refractivity contribution in [1.82, 2.24) is 10.3 Å². The van der Waals surface area contributed by atoms with Crippen LogP contribution in [0.3, 0.4) is 0 Å². The van der Waals surface area contributed by atoms with Gasteiger partial charge in [0.2, 0.25) is 5.91 Å². The third-order valence-electron chi connectivity index (χ3n) is 5.03. The zero-order chi connectivity index (χ0) is 18.9. The van der Waals surface area contributed by atoms with Gasteiger partial charge in [0.15, 0.2) is 0 Å². The molecule has 3 rings (SSSR count). The van der Waals surface area contributed by atoms with Crippen LogP contribution in [0.4, 0.5) is 5.82 Å². The number of pyridine rings is 1. The van der Waals surface area contributed by atoms with Crippen LogP contribution in [0.25, 0.3) is 0 Å². The fourth-order valence-electron chi connectivity index (χ4n) is 3.35. The summed E-state index contributed by atoms with van der Waals surface area (Å²) in [6.45, 7) is 2.71. The molecule has 0 radical (unpaired) electrons. The van der Waals surface area contributed by atoms with Crippen molar-refractivity contribution in [2.75, 3.05) is 25.1 Å². The zero-order valence-electron chi connectivity index (χ0n) is 16.1. The van der Waals surface area contributed by atoms with Crippen molar-refractivity contribution < 1.29 is 9.53 Å². The molecule has 5 heteroatoms. The predicted molar refractivity (Wildman–Crippen MR) is 108 cm³/mol. The highest BCUT2D eigenvalue weighted by atomic mass is 16.5. The van der Waals surface area contributed by atoms with Gasteiger partial charge in [-0.05, 0) is 48.6 Å². The lowest BCUT2D eigenvalue weighted by Gasteiger charge is -2.21. The van der Waals surface area contributed by atoms with Crippen molar-refractivity contribution in [3.63, 3.8) is 0 Å². The minimum absolute atomic E-state index is 0.0578. The van der Waals surface area contributed by atoms with E-state index in [4.69, 9.17) is 4.74 Å². The van der Waals surface area contributed by atoms with E-state index >= 15 is 0 Å². The molecule has 1 aliphatic rings. The first-order chi connectivity index (χ1) is 13.2. The number of ether oxygens (including phenoxy) is 1. The van der Waals surface area contributed by atoms with E-state index in [2.05, 4.69) is 27.3 Å². The maximum Gasteiger partial charge on any atom is 0.220 e. The number of hydrogen-bond donors (Lipinski definition) is 1. The number of aryl methyl sites for hydroxylation is 1. The molecule has 1 fully saturated rings. The first-order valence-corrected chi connectivity index (χ1v) is 9.84. The predicted octanol–water partition coefficient (Wildman–Crippen LogP) is 3.72. The lowest BCUT2D eigenvalue weighted by molar-refractivity contribution is -0.121. The molecule has 0 aliphatic carbocycles. The van der Waals surface area contributed by atoms with Gasteiger partial charge >= 0.3 is 0 Å². The number of methoxy groups -OCH3 is 1. The quantitative estimate of drug-likeness (QED) is 0.810. The van der Waals surface area contributed by atoms with Gasteiger partial charge in [-0.2, -0.15) is 0 Å². The van der Waals surface area contributed by atoms with Gasteiger partial charge in [0, 0.05) is 32.3 Å². The lowest BCUT2D eigenvalue weighted by atomic mass is 10.1. The smallest absolute Gasteiger partial charge is 0.220 e. The van der Waals surface area contributed by atoms with Crippen LogP contribution in [-0.4, -0.2) is 31.1 Å². The first kappa shape index (κ1) is 19.2. The normalized spacial score (nSPS) is 14.5. The van der Waals surface area contributed by atoms with Crippen molar-refractivity contribution in [3.8, 4) is 5.75 Å². The van der Waals surface area contributed by atoms with Crippen molar-refractivity contribution in [3.05, 3.63) is 53.7 Å². The highest BCUT2D eigenvalue weighted by Crippen LogP contribution is 2.17. The number of carbonyl (C=O) groups excluding carboxylic acids is 1. The van der Waals surface area contributed by atoms with Crippen LogP contribution in [0, 0.1) is 0 Å². The number of rotatable bonds is 7. The number of nitrogens with one attached hydrogen (secondary N) is 1. The Bertz CT molecular complexity index is 705. The highest BCUT2D eigenvalue weighted by molar-refractivity contribution is 5.76. The first-order valence-electron chi connectivity index (χ1n) is 9.84. The molecule has 0 unspecified atom stereocenters. The van der Waals surface area contributed by atoms with Crippen molar-refractivity contribution >= 4 is 11.7 Å². The molecule has 1 amide bonds. The van der Waals surface area contributed by atoms with E-state index in [0.29, 0.717) is 13.0 Å². The molecule has 5 nitrogen and oxygen atoms in total. The van der Waals surface area contributed by atoms with E-state index < -0.39 is 0 Å². The van der Waals surface area contributed by atoms with Gasteiger partial charge < -0.3 is 15.0 Å². The molecule has 0 saturated carbocycles. The summed E-state index contributed by atoms with van der Waals surface area (Å²) in [4.78, 5) is 19.1. The molecule has 1 N–H and O–H groups in total. The Morgan fingerprint density at radius 2 is 1.74 bits per heavy atom. The fourth-order valence-corrected chi connectivity index (χ4v) is 3.35. The molecular formula is C22H29N3O2. The van der Waals surface area contributed by atoms with Gasteiger partial charge in [0.1, 0.15) is 11.6 Å². The Kier molecular flexibility index (Phi) is 7.08. The molecule has 144 valence electrons. The van der Waals surface area contributed by atoms with Crippen LogP contribution in [0.15, 0.2) is 42.6 Å². The number of amides is 1. The number of hydrogen-bond acceptors (Lipinski definition) is 4. The van der Waals surface area contributed by atoms with Gasteiger partial charge in [0.25, 0.3) is 0 Å². The van der Waals surface area contributed by atoms with Crippen molar-refractivity contribution in [2.24, 2.45) is 0 Å². The summed E-state index contributed by atoms with van der Waals surface area (Å²) >= 11 is 0. The summed E-state index contributed by atoms with van der Waals surface area (Å²) < 4.78 is 5.15. The molecule has 0 atom stereocenters. The Morgan fingerprint density at radius 3 is 2.37 bits per heavy atom. The molecule has 2 aromatic rings. The summed E-state index contributed by atoms with van der Waals surface area (Å²) in [7, 11) is 1.65. The molecular weight excluding hydrogens is 338 g/mol. The van der Waals surface area contributed by atoms with Gasteiger partial charge in [-0.3, -0.25) is 4.79 Å². The van der Waals surface area contributed by atoms with Crippen LogP contribution in [0.2, 0.25) is 0 Å². The Labute approximate surface area is 161 Å². The molecule has 1 aromatic heterocycles. The van der Waals surface area contributed by atoms with E-state index in [0.717, 1.165) is 42.2 Å². The number of benzene rings is 1. The fraction of sp³-hybridized carbons (Fsp3) is 0.455. The Morgan fingerprint density at radius 1 is 1.04 bits per heavy atom. The van der Waals surface area contributed by atoms with Crippen LogP contribution in [0.1, 0.15) is 43.2 Å². The van der Waals surface area contributed by atoms with Crippen LogP contribution < -0.4 is 15.0 Å². The Balaban J connectivity index is 1.42. The maximum absolute atomic E-state index is 12.1. The average molecular weight is 367 g/mol. The van der Waals surface area contributed by atoms with Gasteiger partial charge in [-0.15, -0.1) is 0 Å². The average Bonchev–Trinajstić information content (AvgIpc) is 3.01. The molecule has 1 saturated heterocycles. The van der Waals surface area contributed by atoms with Gasteiger partial charge in [-0.25, -0.2) is 4.98 Å². The zero-order valence-corrected chi connectivity index (χ0v) is 16.1. The second kappa shape index (κ2) is 9.95. The number of aromatic nitrogens is 1. The second-order valence-corrected chi connectivity index (χ2v) is 7.05. The summed E-state index contributed by atoms with van der Waals surface area (Å²) in [5.41, 5.74) is 2.17. The summed E-state index contributed by atoms with van der Waals surface area (Å²) in [6, 6.07) is 12.0. The molecule has 1 aliphatic heterocycles. The highest BCUT2D eigenvalue weighted by Gasteiger charge is 2.11. The third kappa shape index (κ3) is 5.98. The van der Waals surface area contributed by atoms with E-state index in [1.807, 2.05) is 30.5 Å². The second-order valence-electron chi connectivity index (χ2n) is 7.05. The van der Waals surface area contributed by atoms with Crippen molar-refractivity contribution in [2.45, 2.75) is 45.1 Å². The minimum atomic E-state index is 0.0578. The van der Waals surface area contributed by atoms with E-state index in [-0.39, 0.29) is 5.91 Å². The van der Waals surface area contributed by atoms with E-state index in [9.17, 15) is 4.79 Å².